The van der Waals surface area contributed by atoms with Gasteiger partial charge >= 0.3 is 5.97 Å². The number of benzene rings is 2. The summed E-state index contributed by atoms with van der Waals surface area (Å²) in [7, 11) is 0. The molecule has 1 saturated carbocycles. The largest absolute Gasteiger partial charge is 0.455 e. The number of amides is 1. The van der Waals surface area contributed by atoms with E-state index >= 15 is 0 Å². The highest BCUT2D eigenvalue weighted by Gasteiger charge is 2.46. The van der Waals surface area contributed by atoms with Crippen molar-refractivity contribution < 1.29 is 28.2 Å². The Labute approximate surface area is 174 Å². The average molecular weight is 413 g/mol. The lowest BCUT2D eigenvalue weighted by Crippen LogP contribution is -2.38. The van der Waals surface area contributed by atoms with Crippen LogP contribution < -0.4 is 14.8 Å². The first-order valence-electron chi connectivity index (χ1n) is 10.1. The Balaban J connectivity index is 1.38. The Bertz CT molecular complexity index is 954. The van der Waals surface area contributed by atoms with E-state index in [0.29, 0.717) is 29.9 Å². The molecule has 4 rings (SSSR count). The predicted octanol–water partition coefficient (Wildman–Crippen LogP) is 3.79. The number of fused-ring (bicyclic) bond motifs is 1. The van der Waals surface area contributed by atoms with Crippen LogP contribution in [0.4, 0.5) is 4.39 Å². The van der Waals surface area contributed by atoms with Crippen LogP contribution in [-0.2, 0) is 19.7 Å². The van der Waals surface area contributed by atoms with Crippen LogP contribution in [0.25, 0.3) is 0 Å². The second-order valence-corrected chi connectivity index (χ2v) is 7.75. The number of carbonyl (C=O) groups is 2. The maximum atomic E-state index is 14.4. The normalized spacial score (nSPS) is 17.4. The van der Waals surface area contributed by atoms with Gasteiger partial charge in [0.2, 0.25) is 6.79 Å². The van der Waals surface area contributed by atoms with E-state index < -0.39 is 29.7 Å². The van der Waals surface area contributed by atoms with Crippen molar-refractivity contribution in [2.45, 2.75) is 44.1 Å². The van der Waals surface area contributed by atoms with Crippen molar-refractivity contribution in [3.8, 4) is 11.5 Å². The van der Waals surface area contributed by atoms with Gasteiger partial charge < -0.3 is 19.5 Å². The van der Waals surface area contributed by atoms with E-state index in [4.69, 9.17) is 14.2 Å². The van der Waals surface area contributed by atoms with Crippen LogP contribution in [0.2, 0.25) is 0 Å². The summed E-state index contributed by atoms with van der Waals surface area (Å²) in [5, 5.41) is 2.81. The smallest absolute Gasteiger partial charge is 0.317 e. The van der Waals surface area contributed by atoms with E-state index in [1.807, 2.05) is 19.1 Å². The van der Waals surface area contributed by atoms with Gasteiger partial charge in [0, 0.05) is 5.56 Å². The van der Waals surface area contributed by atoms with Gasteiger partial charge in [0.25, 0.3) is 5.91 Å². The van der Waals surface area contributed by atoms with Gasteiger partial charge in [0.05, 0.1) is 11.5 Å². The number of halogens is 1. The molecule has 1 amide bonds. The monoisotopic (exact) mass is 413 g/mol. The molecule has 7 heteroatoms. The van der Waals surface area contributed by atoms with E-state index in [-0.39, 0.29) is 12.8 Å². The number of esters is 1. The molecule has 0 saturated heterocycles. The summed E-state index contributed by atoms with van der Waals surface area (Å²) in [5.74, 6) is -0.0855. The molecule has 0 bridgehead atoms. The van der Waals surface area contributed by atoms with Gasteiger partial charge in [-0.1, -0.05) is 37.1 Å². The van der Waals surface area contributed by atoms with Crippen molar-refractivity contribution in [1.29, 1.82) is 0 Å². The van der Waals surface area contributed by atoms with Gasteiger partial charge in [-0.15, -0.1) is 0 Å². The quantitative estimate of drug-likeness (QED) is 0.730. The Kier molecular flexibility index (Phi) is 5.61. The number of carbonyl (C=O) groups excluding carboxylic acids is 2. The number of nitrogens with one attached hydrogen (secondary N) is 1. The van der Waals surface area contributed by atoms with Crippen LogP contribution in [0.5, 0.6) is 11.5 Å². The van der Waals surface area contributed by atoms with Crippen LogP contribution in [0.15, 0.2) is 42.5 Å². The first-order valence-corrected chi connectivity index (χ1v) is 10.1. The average Bonchev–Trinajstić information content (AvgIpc) is 3.42. The molecule has 1 aliphatic heterocycles. The molecule has 158 valence electrons. The van der Waals surface area contributed by atoms with E-state index in [9.17, 15) is 14.0 Å². The summed E-state index contributed by atoms with van der Waals surface area (Å²) in [6.07, 6.45) is 2.66. The summed E-state index contributed by atoms with van der Waals surface area (Å²) in [5.41, 5.74) is 0.174. The molecule has 0 spiro atoms. The number of hydrogen-bond donors (Lipinski definition) is 1. The second-order valence-electron chi connectivity index (χ2n) is 7.75. The molecule has 1 N–H and O–H groups in total. The molecule has 2 aromatic carbocycles. The molecule has 0 unspecified atom stereocenters. The first kappa shape index (κ1) is 20.2. The van der Waals surface area contributed by atoms with Crippen LogP contribution in [-0.4, -0.2) is 25.3 Å². The van der Waals surface area contributed by atoms with Gasteiger partial charge in [0.15, 0.2) is 18.1 Å². The van der Waals surface area contributed by atoms with Crippen molar-refractivity contribution in [2.24, 2.45) is 0 Å². The topological polar surface area (TPSA) is 73.9 Å². The highest BCUT2D eigenvalue weighted by molar-refractivity contribution is 5.87. The summed E-state index contributed by atoms with van der Waals surface area (Å²) < 4.78 is 30.4. The molecular weight excluding hydrogens is 389 g/mol. The van der Waals surface area contributed by atoms with Gasteiger partial charge in [-0.2, -0.15) is 0 Å². The summed E-state index contributed by atoms with van der Waals surface area (Å²) in [4.78, 5) is 25.3. The van der Waals surface area contributed by atoms with Crippen LogP contribution in [0.1, 0.15) is 49.8 Å². The van der Waals surface area contributed by atoms with Crippen molar-refractivity contribution in [2.75, 3.05) is 13.4 Å². The van der Waals surface area contributed by atoms with Crippen LogP contribution in [0.3, 0.4) is 0 Å². The molecule has 1 atom stereocenters. The number of ether oxygens (including phenoxy) is 3. The minimum atomic E-state index is -1.02. The Morgan fingerprint density at radius 1 is 1.13 bits per heavy atom. The van der Waals surface area contributed by atoms with E-state index in [1.165, 1.54) is 6.07 Å². The Hall–Kier alpha value is -3.09. The zero-order chi connectivity index (χ0) is 21.1. The molecule has 1 heterocycles. The molecule has 30 heavy (non-hydrogen) atoms. The van der Waals surface area contributed by atoms with Crippen LogP contribution >= 0.6 is 0 Å². The van der Waals surface area contributed by atoms with Gasteiger partial charge in [-0.3, -0.25) is 9.59 Å². The lowest BCUT2D eigenvalue weighted by molar-refractivity contribution is -0.154. The van der Waals surface area contributed by atoms with Gasteiger partial charge in [-0.05, 0) is 43.5 Å². The van der Waals surface area contributed by atoms with Crippen LogP contribution in [0, 0.1) is 5.82 Å². The maximum absolute atomic E-state index is 14.4. The fraction of sp³-hybridized carbons (Fsp3) is 0.391. The first-order chi connectivity index (χ1) is 14.5. The lowest BCUT2D eigenvalue weighted by atomic mass is 9.78. The third-order valence-electron chi connectivity index (χ3n) is 5.85. The molecule has 0 aromatic heterocycles. The summed E-state index contributed by atoms with van der Waals surface area (Å²) in [6, 6.07) is 11.4. The van der Waals surface area contributed by atoms with Crippen molar-refractivity contribution in [1.82, 2.24) is 5.32 Å². The Morgan fingerprint density at radius 3 is 2.63 bits per heavy atom. The zero-order valence-corrected chi connectivity index (χ0v) is 16.8. The fourth-order valence-corrected chi connectivity index (χ4v) is 4.23. The van der Waals surface area contributed by atoms with E-state index in [2.05, 4.69) is 5.32 Å². The van der Waals surface area contributed by atoms with E-state index in [1.54, 1.807) is 24.3 Å². The third-order valence-corrected chi connectivity index (χ3v) is 5.85. The molecule has 2 aliphatic rings. The predicted molar refractivity (Wildman–Crippen MR) is 107 cm³/mol. The molecular formula is C23H24FNO5. The molecule has 1 aliphatic carbocycles. The van der Waals surface area contributed by atoms with Crippen molar-refractivity contribution in [3.05, 3.63) is 59.4 Å². The van der Waals surface area contributed by atoms with Gasteiger partial charge in [-0.25, -0.2) is 4.39 Å². The zero-order valence-electron chi connectivity index (χ0n) is 16.8. The molecule has 2 aromatic rings. The van der Waals surface area contributed by atoms with E-state index in [0.717, 1.165) is 18.4 Å². The molecule has 0 radical (unpaired) electrons. The minimum absolute atomic E-state index is 0.180. The third kappa shape index (κ3) is 3.84. The fourth-order valence-electron chi connectivity index (χ4n) is 4.23. The molecule has 6 nitrogen and oxygen atoms in total. The summed E-state index contributed by atoms with van der Waals surface area (Å²) in [6.45, 7) is 1.60. The summed E-state index contributed by atoms with van der Waals surface area (Å²) >= 11 is 0. The van der Waals surface area contributed by atoms with Crippen molar-refractivity contribution >= 4 is 11.9 Å². The molecule has 1 fully saturated rings. The second kappa shape index (κ2) is 8.34. The highest BCUT2D eigenvalue weighted by atomic mass is 19.1. The highest BCUT2D eigenvalue weighted by Crippen LogP contribution is 2.43. The SMILES string of the molecule is C[C@@H](NC(=O)COC(=O)C1(c2ccccc2F)CCCC1)c1ccc2c(c1)OCO2. The minimum Gasteiger partial charge on any atom is -0.455 e. The maximum Gasteiger partial charge on any atom is 0.317 e. The lowest BCUT2D eigenvalue weighted by Gasteiger charge is -2.27. The van der Waals surface area contributed by atoms with Gasteiger partial charge in [0.1, 0.15) is 5.82 Å². The Morgan fingerprint density at radius 2 is 1.87 bits per heavy atom. The van der Waals surface area contributed by atoms with Crippen molar-refractivity contribution in [3.63, 3.8) is 0 Å². The number of rotatable bonds is 6. The number of hydrogen-bond acceptors (Lipinski definition) is 5. The standard InChI is InChI=1S/C23H24FNO5/c1-15(16-8-9-19-20(12-16)30-14-29-19)25-21(26)13-28-22(27)23(10-4-5-11-23)17-6-2-3-7-18(17)24/h2-3,6-9,12,15H,4-5,10-11,13-14H2,1H3,(H,25,26)/t15-/m1/s1.